The van der Waals surface area contributed by atoms with Crippen molar-refractivity contribution in [1.29, 1.82) is 0 Å². The quantitative estimate of drug-likeness (QED) is 0.300. The first-order valence-corrected chi connectivity index (χ1v) is 13.9. The van der Waals surface area contributed by atoms with Crippen LogP contribution in [0.3, 0.4) is 0 Å². The molecule has 13 heteroatoms. The lowest BCUT2D eigenvalue weighted by Gasteiger charge is -2.38. The summed E-state index contributed by atoms with van der Waals surface area (Å²) in [5, 5.41) is 22.1. The Morgan fingerprint density at radius 2 is 1.88 bits per heavy atom. The molecule has 43 heavy (non-hydrogen) atoms. The van der Waals surface area contributed by atoms with Gasteiger partial charge >= 0.3 is 12.1 Å². The van der Waals surface area contributed by atoms with Crippen LogP contribution in [-0.4, -0.2) is 84.0 Å². The lowest BCUT2D eigenvalue weighted by Crippen LogP contribution is -2.50. The number of nitrogens with one attached hydrogen (secondary N) is 3. The van der Waals surface area contributed by atoms with Gasteiger partial charge in [0, 0.05) is 25.2 Å². The van der Waals surface area contributed by atoms with Crippen molar-refractivity contribution in [2.45, 2.75) is 39.8 Å². The summed E-state index contributed by atoms with van der Waals surface area (Å²) >= 11 is 0. The van der Waals surface area contributed by atoms with E-state index in [-0.39, 0.29) is 54.6 Å². The molecule has 0 saturated heterocycles. The number of likely N-dealkylation sites (N-methyl/N-ethyl adjacent to an activating group) is 1. The highest BCUT2D eigenvalue weighted by Crippen LogP contribution is 2.35. The predicted octanol–water partition coefficient (Wildman–Crippen LogP) is 4.33. The minimum Gasteiger partial charge on any atom is -0.497 e. The second kappa shape index (κ2) is 13.5. The third-order valence-electron chi connectivity index (χ3n) is 7.35. The number of hydrogen-bond donors (Lipinski definition) is 4. The number of aryl methyl sites for hydroxylation is 2. The summed E-state index contributed by atoms with van der Waals surface area (Å²) in [7, 11) is 3.22. The molecule has 1 aliphatic heterocycles. The molecule has 1 aromatic heterocycles. The number of fused-ring (bicyclic) bond motifs is 1. The van der Waals surface area contributed by atoms with Crippen molar-refractivity contribution in [1.82, 2.24) is 15.0 Å². The molecule has 0 spiro atoms. The summed E-state index contributed by atoms with van der Waals surface area (Å²) in [4.78, 5) is 42.9. The van der Waals surface area contributed by atoms with Gasteiger partial charge in [0.2, 0.25) is 0 Å². The minimum absolute atomic E-state index is 0.164. The normalized spacial score (nSPS) is 17.1. The number of carbonyl (C=O) groups excluding carboxylic acids is 3. The second-order valence-corrected chi connectivity index (χ2v) is 10.6. The SMILES string of the molecule is COc1ccc(NC(=O)N(C)C[C@@H]2Oc3c(NC(=O)Nc4c(C)noc4C)cccc3C(=O)N([C@@H](C)CO)C[C@@H]2C)cc1. The summed E-state index contributed by atoms with van der Waals surface area (Å²) < 4.78 is 16.8. The van der Waals surface area contributed by atoms with E-state index in [0.29, 0.717) is 28.6 Å². The van der Waals surface area contributed by atoms with Crippen LogP contribution in [0.15, 0.2) is 47.0 Å². The molecule has 3 aromatic rings. The van der Waals surface area contributed by atoms with Crippen LogP contribution in [0.25, 0.3) is 0 Å². The number of ether oxygens (including phenoxy) is 2. The molecule has 1 aliphatic rings. The zero-order chi connectivity index (χ0) is 31.3. The standard InChI is InChI=1S/C30H38N6O7/c1-17-14-36(18(2)16-37)28(38)23-8-7-9-24(32-29(39)33-26-19(3)34-43-20(26)4)27(23)42-25(17)15-35(5)30(40)31-21-10-12-22(41-6)13-11-21/h7-13,17-18,25,37H,14-16H2,1-6H3,(H,31,40)(H2,32,33,39)/t17-,18-,25-/m0/s1. The first-order chi connectivity index (χ1) is 20.5. The van der Waals surface area contributed by atoms with Gasteiger partial charge in [-0.2, -0.15) is 0 Å². The Morgan fingerprint density at radius 1 is 1.16 bits per heavy atom. The van der Waals surface area contributed by atoms with Crippen molar-refractivity contribution in [3.8, 4) is 11.5 Å². The molecule has 0 radical (unpaired) electrons. The third kappa shape index (κ3) is 7.17. The highest BCUT2D eigenvalue weighted by molar-refractivity contribution is 6.04. The number of anilines is 3. The molecule has 230 valence electrons. The van der Waals surface area contributed by atoms with Crippen LogP contribution >= 0.6 is 0 Å². The molecular formula is C30H38N6O7. The van der Waals surface area contributed by atoms with Crippen molar-refractivity contribution in [3.63, 3.8) is 0 Å². The Hall–Kier alpha value is -4.78. The van der Waals surface area contributed by atoms with Gasteiger partial charge in [-0.3, -0.25) is 4.79 Å². The van der Waals surface area contributed by atoms with Crippen molar-refractivity contribution in [3.05, 3.63) is 59.5 Å². The molecule has 0 saturated carbocycles. The average Bonchev–Trinajstić information content (AvgIpc) is 3.31. The van der Waals surface area contributed by atoms with Crippen LogP contribution in [-0.2, 0) is 0 Å². The highest BCUT2D eigenvalue weighted by atomic mass is 16.5. The molecule has 0 unspecified atom stereocenters. The van der Waals surface area contributed by atoms with E-state index in [9.17, 15) is 19.5 Å². The summed E-state index contributed by atoms with van der Waals surface area (Å²) in [6, 6.07) is 10.4. The van der Waals surface area contributed by atoms with Gasteiger partial charge in [0.05, 0.1) is 37.6 Å². The molecule has 5 amide bonds. The number of benzene rings is 2. The lowest BCUT2D eigenvalue weighted by atomic mass is 9.99. The molecule has 0 bridgehead atoms. The first kappa shape index (κ1) is 31.2. The largest absolute Gasteiger partial charge is 0.497 e. The van der Waals surface area contributed by atoms with E-state index >= 15 is 0 Å². The average molecular weight is 595 g/mol. The fourth-order valence-electron chi connectivity index (χ4n) is 4.73. The maximum atomic E-state index is 13.7. The van der Waals surface area contributed by atoms with Crippen LogP contribution in [0.5, 0.6) is 11.5 Å². The zero-order valence-electron chi connectivity index (χ0n) is 25.1. The number of nitrogens with zero attached hydrogens (tertiary/aromatic N) is 3. The number of hydrogen-bond acceptors (Lipinski definition) is 8. The number of aliphatic hydroxyl groups is 1. The van der Waals surface area contributed by atoms with Crippen LogP contribution < -0.4 is 25.4 Å². The second-order valence-electron chi connectivity index (χ2n) is 10.6. The Bertz CT molecular complexity index is 1440. The Labute approximate surface area is 250 Å². The monoisotopic (exact) mass is 594 g/mol. The Kier molecular flexibility index (Phi) is 9.76. The number of rotatable bonds is 8. The summed E-state index contributed by atoms with van der Waals surface area (Å²) in [5.74, 6) is 0.675. The molecule has 4 rings (SSSR count). The van der Waals surface area contributed by atoms with Crippen molar-refractivity contribution < 1.29 is 33.5 Å². The van der Waals surface area contributed by atoms with Gasteiger partial charge in [-0.25, -0.2) is 9.59 Å². The smallest absolute Gasteiger partial charge is 0.323 e. The van der Waals surface area contributed by atoms with E-state index in [2.05, 4.69) is 21.1 Å². The molecule has 0 fully saturated rings. The Morgan fingerprint density at radius 3 is 2.51 bits per heavy atom. The van der Waals surface area contributed by atoms with Gasteiger partial charge in [-0.05, 0) is 57.2 Å². The number of carbonyl (C=O) groups is 3. The van der Waals surface area contributed by atoms with Gasteiger partial charge in [0.15, 0.2) is 11.5 Å². The molecule has 0 aliphatic carbocycles. The molecule has 3 atom stereocenters. The van der Waals surface area contributed by atoms with Crippen molar-refractivity contribution in [2.75, 3.05) is 49.8 Å². The number of amides is 5. The maximum Gasteiger partial charge on any atom is 0.323 e. The van der Waals surface area contributed by atoms with Crippen molar-refractivity contribution in [2.24, 2.45) is 5.92 Å². The molecule has 2 aromatic carbocycles. The van der Waals surface area contributed by atoms with Gasteiger partial charge in [-0.15, -0.1) is 0 Å². The van der Waals surface area contributed by atoms with E-state index < -0.39 is 18.2 Å². The van der Waals surface area contributed by atoms with E-state index in [1.165, 1.54) is 4.90 Å². The molecule has 4 N–H and O–H groups in total. The fraction of sp³-hybridized carbons (Fsp3) is 0.400. The van der Waals surface area contributed by atoms with E-state index in [1.54, 1.807) is 82.3 Å². The van der Waals surface area contributed by atoms with E-state index in [1.807, 2.05) is 6.92 Å². The Balaban J connectivity index is 1.61. The van der Waals surface area contributed by atoms with E-state index in [4.69, 9.17) is 14.0 Å². The van der Waals surface area contributed by atoms with Crippen LogP contribution in [0.4, 0.5) is 26.7 Å². The van der Waals surface area contributed by atoms with Crippen molar-refractivity contribution >= 4 is 35.0 Å². The number of methoxy groups -OCH3 is 1. The van der Waals surface area contributed by atoms with Gasteiger partial charge < -0.3 is 44.9 Å². The number of aliphatic hydroxyl groups excluding tert-OH is 1. The van der Waals surface area contributed by atoms with Gasteiger partial charge in [0.1, 0.15) is 23.2 Å². The summed E-state index contributed by atoms with van der Waals surface area (Å²) in [6.45, 7) is 7.27. The number of aromatic nitrogens is 1. The number of urea groups is 2. The van der Waals surface area contributed by atoms with Gasteiger partial charge in [-0.1, -0.05) is 18.1 Å². The van der Waals surface area contributed by atoms with Crippen LogP contribution in [0.1, 0.15) is 35.7 Å². The summed E-state index contributed by atoms with van der Waals surface area (Å²) in [6.07, 6.45) is -0.583. The first-order valence-electron chi connectivity index (χ1n) is 13.9. The maximum absolute atomic E-state index is 13.7. The van der Waals surface area contributed by atoms with Crippen LogP contribution in [0.2, 0.25) is 0 Å². The topological polar surface area (TPSA) is 158 Å². The lowest BCUT2D eigenvalue weighted by molar-refractivity contribution is 0.0373. The molecular weight excluding hydrogens is 556 g/mol. The third-order valence-corrected chi connectivity index (χ3v) is 7.35. The molecule has 2 heterocycles. The van der Waals surface area contributed by atoms with Gasteiger partial charge in [0.25, 0.3) is 5.91 Å². The summed E-state index contributed by atoms with van der Waals surface area (Å²) in [5.41, 5.74) is 2.03. The highest BCUT2D eigenvalue weighted by Gasteiger charge is 2.35. The predicted molar refractivity (Wildman–Crippen MR) is 161 cm³/mol. The molecule has 13 nitrogen and oxygen atoms in total. The number of para-hydroxylation sites is 1. The zero-order valence-corrected chi connectivity index (χ0v) is 25.1. The fourth-order valence-corrected chi connectivity index (χ4v) is 4.73. The minimum atomic E-state index is -0.583. The van der Waals surface area contributed by atoms with E-state index in [0.717, 1.165) is 0 Å². The van der Waals surface area contributed by atoms with Crippen LogP contribution in [0, 0.1) is 19.8 Å².